The summed E-state index contributed by atoms with van der Waals surface area (Å²) in [7, 11) is 1.82. The number of alkyl halides is 1. The molecule has 1 rings (SSSR count). The lowest BCUT2D eigenvalue weighted by molar-refractivity contribution is -0.129. The van der Waals surface area contributed by atoms with Crippen molar-refractivity contribution in [1.82, 2.24) is 9.88 Å². The summed E-state index contributed by atoms with van der Waals surface area (Å²) < 4.78 is 0. The Morgan fingerprint density at radius 3 is 2.87 bits per heavy atom. The summed E-state index contributed by atoms with van der Waals surface area (Å²) in [6, 6.07) is 0. The van der Waals surface area contributed by atoms with Gasteiger partial charge in [0.1, 0.15) is 0 Å². The van der Waals surface area contributed by atoms with Crippen molar-refractivity contribution in [2.45, 2.75) is 31.6 Å². The largest absolute Gasteiger partial charge is 0.340 e. The normalized spacial score (nSPS) is 12.5. The second-order valence-corrected chi connectivity index (χ2v) is 5.84. The number of hydrogen-bond donors (Lipinski definition) is 0. The maximum Gasteiger partial charge on any atom is 0.236 e. The zero-order chi connectivity index (χ0) is 11.4. The van der Waals surface area contributed by atoms with Crippen LogP contribution in [0.4, 0.5) is 0 Å². The number of hydrogen-bond acceptors (Lipinski definition) is 3. The highest BCUT2D eigenvalue weighted by molar-refractivity contribution is 9.10. The molecule has 5 heteroatoms. The molecule has 1 heterocycles. The van der Waals surface area contributed by atoms with E-state index in [0.717, 1.165) is 16.3 Å². The first kappa shape index (κ1) is 12.6. The van der Waals surface area contributed by atoms with E-state index in [-0.39, 0.29) is 10.7 Å². The van der Waals surface area contributed by atoms with Crippen molar-refractivity contribution < 1.29 is 4.79 Å². The molecule has 1 amide bonds. The Bertz CT molecular complexity index is 340. The minimum atomic E-state index is -0.0727. The number of thiazole rings is 1. The molecule has 0 aliphatic heterocycles. The highest BCUT2D eigenvalue weighted by Crippen LogP contribution is 2.15. The van der Waals surface area contributed by atoms with Gasteiger partial charge in [0.25, 0.3) is 0 Å². The fourth-order valence-corrected chi connectivity index (χ4v) is 2.40. The molecule has 0 aliphatic rings. The summed E-state index contributed by atoms with van der Waals surface area (Å²) in [6.07, 6.45) is 2.64. The predicted octanol–water partition coefficient (Wildman–Crippen LogP) is 2.58. The molecule has 1 unspecified atom stereocenters. The van der Waals surface area contributed by atoms with Gasteiger partial charge in [-0.25, -0.2) is 4.98 Å². The summed E-state index contributed by atoms with van der Waals surface area (Å²) in [5, 5.41) is 1.04. The molecular weight excluding hydrogens is 276 g/mol. The van der Waals surface area contributed by atoms with Crippen LogP contribution in [0, 0.1) is 6.92 Å². The molecule has 1 aromatic heterocycles. The zero-order valence-corrected chi connectivity index (χ0v) is 11.6. The first-order valence-corrected chi connectivity index (χ1v) is 6.58. The van der Waals surface area contributed by atoms with E-state index in [2.05, 4.69) is 20.9 Å². The molecule has 0 saturated heterocycles. The summed E-state index contributed by atoms with van der Waals surface area (Å²) in [5.74, 6) is 0.128. The van der Waals surface area contributed by atoms with E-state index in [0.29, 0.717) is 6.54 Å². The average molecular weight is 291 g/mol. The lowest BCUT2D eigenvalue weighted by Gasteiger charge is -2.18. The maximum absolute atomic E-state index is 11.7. The fraction of sp³-hybridized carbons (Fsp3) is 0.600. The molecule has 84 valence electrons. The third-order valence-corrected chi connectivity index (χ3v) is 4.00. The Morgan fingerprint density at radius 2 is 2.40 bits per heavy atom. The van der Waals surface area contributed by atoms with Crippen molar-refractivity contribution in [3.63, 3.8) is 0 Å². The Hall–Kier alpha value is -0.420. The van der Waals surface area contributed by atoms with Gasteiger partial charge in [-0.15, -0.1) is 11.3 Å². The van der Waals surface area contributed by atoms with Gasteiger partial charge in [-0.3, -0.25) is 4.79 Å². The summed E-state index contributed by atoms with van der Waals surface area (Å²) in [6.45, 7) is 4.60. The molecule has 3 nitrogen and oxygen atoms in total. The molecule has 0 radical (unpaired) electrons. The quantitative estimate of drug-likeness (QED) is 0.799. The third kappa shape index (κ3) is 3.57. The summed E-state index contributed by atoms with van der Waals surface area (Å²) in [4.78, 5) is 18.7. The van der Waals surface area contributed by atoms with Crippen LogP contribution in [0.5, 0.6) is 0 Å². The van der Waals surface area contributed by atoms with Crippen LogP contribution in [0.1, 0.15) is 23.2 Å². The van der Waals surface area contributed by atoms with Gasteiger partial charge in [0.05, 0.1) is 16.4 Å². The predicted molar refractivity (Wildman–Crippen MR) is 66.3 cm³/mol. The maximum atomic E-state index is 11.7. The van der Waals surface area contributed by atoms with Gasteiger partial charge in [0.15, 0.2) is 0 Å². The lowest BCUT2D eigenvalue weighted by Crippen LogP contribution is -2.32. The number of rotatable bonds is 4. The van der Waals surface area contributed by atoms with Crippen LogP contribution in [0.15, 0.2) is 6.20 Å². The van der Waals surface area contributed by atoms with Gasteiger partial charge in [0, 0.05) is 18.1 Å². The van der Waals surface area contributed by atoms with Crippen LogP contribution in [-0.4, -0.2) is 27.7 Å². The van der Waals surface area contributed by atoms with Crippen molar-refractivity contribution >= 4 is 33.2 Å². The van der Waals surface area contributed by atoms with Gasteiger partial charge in [-0.2, -0.15) is 0 Å². The topological polar surface area (TPSA) is 33.2 Å². The Kier molecular flexibility index (Phi) is 4.73. The van der Waals surface area contributed by atoms with Crippen molar-refractivity contribution in [2.75, 3.05) is 7.05 Å². The molecule has 1 atom stereocenters. The monoisotopic (exact) mass is 290 g/mol. The summed E-state index contributed by atoms with van der Waals surface area (Å²) >= 11 is 4.99. The minimum absolute atomic E-state index is 0.0727. The fourth-order valence-electron chi connectivity index (χ4n) is 1.20. The number of halogens is 1. The number of aromatic nitrogens is 1. The van der Waals surface area contributed by atoms with E-state index >= 15 is 0 Å². The second kappa shape index (κ2) is 5.61. The zero-order valence-electron chi connectivity index (χ0n) is 9.16. The molecule has 0 saturated carbocycles. The van der Waals surface area contributed by atoms with Gasteiger partial charge in [-0.1, -0.05) is 22.9 Å². The third-order valence-electron chi connectivity index (χ3n) is 2.06. The minimum Gasteiger partial charge on any atom is -0.340 e. The van der Waals surface area contributed by atoms with E-state index in [9.17, 15) is 4.79 Å². The molecule has 1 aromatic rings. The van der Waals surface area contributed by atoms with Crippen LogP contribution in [0.3, 0.4) is 0 Å². The van der Waals surface area contributed by atoms with Crippen molar-refractivity contribution in [3.8, 4) is 0 Å². The van der Waals surface area contributed by atoms with E-state index in [4.69, 9.17) is 0 Å². The average Bonchev–Trinajstić information content (AvgIpc) is 2.61. The van der Waals surface area contributed by atoms with Gasteiger partial charge in [-0.05, 0) is 13.3 Å². The van der Waals surface area contributed by atoms with E-state index < -0.39 is 0 Å². The second-order valence-electron chi connectivity index (χ2n) is 3.42. The molecule has 0 fully saturated rings. The first-order valence-electron chi connectivity index (χ1n) is 4.85. The van der Waals surface area contributed by atoms with Gasteiger partial charge >= 0.3 is 0 Å². The Labute approximate surface area is 103 Å². The molecule has 0 N–H and O–H groups in total. The lowest BCUT2D eigenvalue weighted by atomic mass is 10.3. The van der Waals surface area contributed by atoms with Crippen molar-refractivity contribution in [1.29, 1.82) is 0 Å². The number of aryl methyl sites for hydroxylation is 1. The molecule has 15 heavy (non-hydrogen) atoms. The van der Waals surface area contributed by atoms with Crippen LogP contribution >= 0.6 is 27.3 Å². The molecule has 0 bridgehead atoms. The summed E-state index contributed by atoms with van der Waals surface area (Å²) in [5.41, 5.74) is 0. The smallest absolute Gasteiger partial charge is 0.236 e. The van der Waals surface area contributed by atoms with Crippen LogP contribution in [0.2, 0.25) is 0 Å². The van der Waals surface area contributed by atoms with Crippen LogP contribution < -0.4 is 0 Å². The number of nitrogens with zero attached hydrogens (tertiary/aromatic N) is 2. The van der Waals surface area contributed by atoms with Crippen molar-refractivity contribution in [3.05, 3.63) is 16.1 Å². The highest BCUT2D eigenvalue weighted by atomic mass is 79.9. The Morgan fingerprint density at radius 1 is 1.73 bits per heavy atom. The number of carbonyl (C=O) groups is 1. The SMILES string of the molecule is CCC(Br)C(=O)N(C)Cc1cnc(C)s1. The standard InChI is InChI=1S/C10H15BrN2OS/c1-4-9(11)10(14)13(3)6-8-5-12-7(2)15-8/h5,9H,4,6H2,1-3H3. The number of amides is 1. The molecule has 0 aliphatic carbocycles. The molecule has 0 spiro atoms. The molecule has 0 aromatic carbocycles. The first-order chi connectivity index (χ1) is 7.04. The van der Waals surface area contributed by atoms with E-state index in [1.54, 1.807) is 16.2 Å². The van der Waals surface area contributed by atoms with Gasteiger partial charge in [0.2, 0.25) is 5.91 Å². The van der Waals surface area contributed by atoms with Crippen molar-refractivity contribution in [2.24, 2.45) is 0 Å². The van der Waals surface area contributed by atoms with Gasteiger partial charge < -0.3 is 4.90 Å². The van der Waals surface area contributed by atoms with Crippen LogP contribution in [0.25, 0.3) is 0 Å². The molecular formula is C10H15BrN2OS. The van der Waals surface area contributed by atoms with Crippen LogP contribution in [-0.2, 0) is 11.3 Å². The highest BCUT2D eigenvalue weighted by Gasteiger charge is 2.17. The number of carbonyl (C=O) groups excluding carboxylic acids is 1. The Balaban J connectivity index is 2.55. The van der Waals surface area contributed by atoms with E-state index in [1.165, 1.54) is 0 Å². The van der Waals surface area contributed by atoms with E-state index in [1.807, 2.05) is 27.1 Å².